The van der Waals surface area contributed by atoms with Crippen LogP contribution >= 0.6 is 0 Å². The number of rotatable bonds is 5. The second kappa shape index (κ2) is 5.77. The molecule has 0 fully saturated rings. The standard InChI is InChI=1S/C15H18N2O3/c1-3-13-12(8-9-14(18)19)15(20)17(16-13)11-6-4-10(2)5-7-11/h4-7,16H,3,8-9H2,1-2H3,(H,18,19). The van der Waals surface area contributed by atoms with E-state index in [9.17, 15) is 9.59 Å². The van der Waals surface area contributed by atoms with Crippen LogP contribution in [0.15, 0.2) is 29.1 Å². The SMILES string of the molecule is CCc1[nH]n(-c2ccc(C)cc2)c(=O)c1CCC(=O)O. The van der Waals surface area contributed by atoms with E-state index < -0.39 is 5.97 Å². The number of aromatic amines is 1. The highest BCUT2D eigenvalue weighted by Crippen LogP contribution is 2.11. The van der Waals surface area contributed by atoms with Gasteiger partial charge in [0.15, 0.2) is 0 Å². The summed E-state index contributed by atoms with van der Waals surface area (Å²) in [5.41, 5.74) is 3.09. The average molecular weight is 274 g/mol. The quantitative estimate of drug-likeness (QED) is 0.876. The number of carboxylic acid groups (broad SMARTS) is 1. The molecule has 5 heteroatoms. The van der Waals surface area contributed by atoms with Crippen LogP contribution in [0.4, 0.5) is 0 Å². The van der Waals surface area contributed by atoms with Crippen LogP contribution in [0.1, 0.15) is 30.2 Å². The number of aliphatic carboxylic acids is 1. The topological polar surface area (TPSA) is 75.1 Å². The summed E-state index contributed by atoms with van der Waals surface area (Å²) >= 11 is 0. The Morgan fingerprint density at radius 2 is 1.95 bits per heavy atom. The summed E-state index contributed by atoms with van der Waals surface area (Å²) in [6.07, 6.45) is 0.893. The van der Waals surface area contributed by atoms with E-state index in [-0.39, 0.29) is 18.4 Å². The molecule has 2 N–H and O–H groups in total. The fraction of sp³-hybridized carbons (Fsp3) is 0.333. The number of carbonyl (C=O) groups is 1. The summed E-state index contributed by atoms with van der Waals surface area (Å²) in [4.78, 5) is 23.1. The van der Waals surface area contributed by atoms with Crippen molar-refractivity contribution in [3.05, 3.63) is 51.4 Å². The van der Waals surface area contributed by atoms with Crippen molar-refractivity contribution >= 4 is 5.97 Å². The van der Waals surface area contributed by atoms with E-state index in [1.54, 1.807) is 0 Å². The largest absolute Gasteiger partial charge is 0.481 e. The Bertz CT molecular complexity index is 665. The second-order valence-corrected chi connectivity index (χ2v) is 4.79. The lowest BCUT2D eigenvalue weighted by Gasteiger charge is -2.01. The Kier molecular flexibility index (Phi) is 4.08. The highest BCUT2D eigenvalue weighted by molar-refractivity contribution is 5.67. The summed E-state index contributed by atoms with van der Waals surface area (Å²) in [5.74, 6) is -0.894. The van der Waals surface area contributed by atoms with Crippen LogP contribution in [-0.4, -0.2) is 20.9 Å². The maximum absolute atomic E-state index is 12.4. The Balaban J connectivity index is 2.42. The fourth-order valence-corrected chi connectivity index (χ4v) is 2.18. The first-order chi connectivity index (χ1) is 9.52. The predicted octanol–water partition coefficient (Wildman–Crippen LogP) is 2.05. The third-order valence-electron chi connectivity index (χ3n) is 3.31. The van der Waals surface area contributed by atoms with Gasteiger partial charge in [-0.1, -0.05) is 24.6 Å². The molecule has 5 nitrogen and oxygen atoms in total. The van der Waals surface area contributed by atoms with Crippen LogP contribution < -0.4 is 5.56 Å². The number of H-pyrrole nitrogens is 1. The molecule has 106 valence electrons. The van der Waals surface area contributed by atoms with Crippen LogP contribution in [-0.2, 0) is 17.6 Å². The van der Waals surface area contributed by atoms with Crippen molar-refractivity contribution in [2.45, 2.75) is 33.1 Å². The van der Waals surface area contributed by atoms with Crippen LogP contribution in [0, 0.1) is 6.92 Å². The molecule has 1 heterocycles. The summed E-state index contributed by atoms with van der Waals surface area (Å²) in [6.45, 7) is 3.92. The molecular weight excluding hydrogens is 256 g/mol. The Labute approximate surface area is 116 Å². The van der Waals surface area contributed by atoms with E-state index in [0.29, 0.717) is 12.0 Å². The van der Waals surface area contributed by atoms with Gasteiger partial charge in [0.05, 0.1) is 5.69 Å². The zero-order valence-electron chi connectivity index (χ0n) is 11.6. The summed E-state index contributed by atoms with van der Waals surface area (Å²) in [6, 6.07) is 7.61. The molecule has 0 saturated carbocycles. The lowest BCUT2D eigenvalue weighted by Crippen LogP contribution is -2.18. The number of hydrogen-bond acceptors (Lipinski definition) is 2. The molecule has 0 aliphatic heterocycles. The monoisotopic (exact) mass is 274 g/mol. The highest BCUT2D eigenvalue weighted by Gasteiger charge is 2.14. The molecule has 0 spiro atoms. The lowest BCUT2D eigenvalue weighted by molar-refractivity contribution is -0.136. The maximum atomic E-state index is 12.4. The minimum absolute atomic E-state index is 0.0337. The minimum Gasteiger partial charge on any atom is -0.481 e. The molecule has 0 radical (unpaired) electrons. The van der Waals surface area contributed by atoms with Crippen molar-refractivity contribution in [3.63, 3.8) is 0 Å². The van der Waals surface area contributed by atoms with Gasteiger partial charge in [-0.25, -0.2) is 4.68 Å². The zero-order chi connectivity index (χ0) is 14.7. The van der Waals surface area contributed by atoms with Gasteiger partial charge in [0.1, 0.15) is 0 Å². The van der Waals surface area contributed by atoms with Gasteiger partial charge >= 0.3 is 5.97 Å². The maximum Gasteiger partial charge on any atom is 0.303 e. The van der Waals surface area contributed by atoms with Gasteiger partial charge in [-0.05, 0) is 31.9 Å². The number of benzene rings is 1. The van der Waals surface area contributed by atoms with Crippen LogP contribution in [0.5, 0.6) is 0 Å². The Morgan fingerprint density at radius 3 is 2.50 bits per heavy atom. The third kappa shape index (κ3) is 2.82. The molecule has 2 aromatic rings. The van der Waals surface area contributed by atoms with Crippen LogP contribution in [0.25, 0.3) is 5.69 Å². The zero-order valence-corrected chi connectivity index (χ0v) is 11.6. The van der Waals surface area contributed by atoms with E-state index in [0.717, 1.165) is 16.9 Å². The van der Waals surface area contributed by atoms with Crippen molar-refractivity contribution < 1.29 is 9.90 Å². The van der Waals surface area contributed by atoms with Gasteiger partial charge in [-0.3, -0.25) is 14.7 Å². The molecule has 0 amide bonds. The second-order valence-electron chi connectivity index (χ2n) is 4.79. The molecule has 0 saturated heterocycles. The number of aromatic nitrogens is 2. The van der Waals surface area contributed by atoms with Crippen molar-refractivity contribution in [2.75, 3.05) is 0 Å². The molecule has 0 unspecified atom stereocenters. The molecule has 0 aliphatic carbocycles. The number of aryl methyl sites for hydroxylation is 2. The summed E-state index contributed by atoms with van der Waals surface area (Å²) in [7, 11) is 0. The first-order valence-electron chi connectivity index (χ1n) is 6.64. The molecule has 0 atom stereocenters. The summed E-state index contributed by atoms with van der Waals surface area (Å²) < 4.78 is 1.48. The molecule has 2 rings (SSSR count). The molecule has 20 heavy (non-hydrogen) atoms. The summed E-state index contributed by atoms with van der Waals surface area (Å²) in [5, 5.41) is 11.8. The first kappa shape index (κ1) is 14.1. The Morgan fingerprint density at radius 1 is 1.30 bits per heavy atom. The fourth-order valence-electron chi connectivity index (χ4n) is 2.18. The minimum atomic E-state index is -0.894. The first-order valence-corrected chi connectivity index (χ1v) is 6.64. The van der Waals surface area contributed by atoms with Gasteiger partial charge in [-0.2, -0.15) is 0 Å². The van der Waals surface area contributed by atoms with Crippen LogP contribution in [0.2, 0.25) is 0 Å². The molecule has 0 bridgehead atoms. The molecule has 1 aromatic carbocycles. The molecule has 0 aliphatic rings. The lowest BCUT2D eigenvalue weighted by atomic mass is 10.1. The van der Waals surface area contributed by atoms with E-state index in [4.69, 9.17) is 5.11 Å². The number of nitrogens with zero attached hydrogens (tertiary/aromatic N) is 1. The van der Waals surface area contributed by atoms with E-state index in [1.165, 1.54) is 4.68 Å². The van der Waals surface area contributed by atoms with Gasteiger partial charge < -0.3 is 5.11 Å². The van der Waals surface area contributed by atoms with Gasteiger partial charge in [-0.15, -0.1) is 0 Å². The van der Waals surface area contributed by atoms with Crippen molar-refractivity contribution in [2.24, 2.45) is 0 Å². The number of hydrogen-bond donors (Lipinski definition) is 2. The molecular formula is C15H18N2O3. The van der Waals surface area contributed by atoms with Crippen molar-refractivity contribution in [1.82, 2.24) is 9.78 Å². The predicted molar refractivity (Wildman–Crippen MR) is 76.5 cm³/mol. The molecule has 1 aromatic heterocycles. The smallest absolute Gasteiger partial charge is 0.303 e. The number of carboxylic acids is 1. The normalized spacial score (nSPS) is 10.7. The van der Waals surface area contributed by atoms with E-state index >= 15 is 0 Å². The van der Waals surface area contributed by atoms with Crippen molar-refractivity contribution in [1.29, 1.82) is 0 Å². The van der Waals surface area contributed by atoms with Gasteiger partial charge in [0, 0.05) is 17.7 Å². The van der Waals surface area contributed by atoms with E-state index in [2.05, 4.69) is 5.10 Å². The van der Waals surface area contributed by atoms with E-state index in [1.807, 2.05) is 38.1 Å². The van der Waals surface area contributed by atoms with Crippen LogP contribution in [0.3, 0.4) is 0 Å². The van der Waals surface area contributed by atoms with Gasteiger partial charge in [0.25, 0.3) is 5.56 Å². The third-order valence-corrected chi connectivity index (χ3v) is 3.31. The Hall–Kier alpha value is -2.30. The van der Waals surface area contributed by atoms with Gasteiger partial charge in [0.2, 0.25) is 0 Å². The number of nitrogens with one attached hydrogen (secondary N) is 1. The highest BCUT2D eigenvalue weighted by atomic mass is 16.4. The van der Waals surface area contributed by atoms with Crippen molar-refractivity contribution in [3.8, 4) is 5.69 Å². The average Bonchev–Trinajstić information content (AvgIpc) is 2.74.